The van der Waals surface area contributed by atoms with Crippen molar-refractivity contribution >= 4 is 11.6 Å². The van der Waals surface area contributed by atoms with Crippen LogP contribution in [0.4, 0.5) is 5.69 Å². The minimum atomic E-state index is -0.444. The molecular formula is C18H22N6O4. The molecule has 0 saturated heterocycles. The van der Waals surface area contributed by atoms with E-state index in [0.29, 0.717) is 23.7 Å². The first-order chi connectivity index (χ1) is 13.2. The summed E-state index contributed by atoms with van der Waals surface area (Å²) >= 11 is 0. The average Bonchev–Trinajstić information content (AvgIpc) is 3.26. The van der Waals surface area contributed by atoms with E-state index < -0.39 is 4.92 Å². The highest BCUT2D eigenvalue weighted by atomic mass is 16.6. The molecule has 3 heterocycles. The van der Waals surface area contributed by atoms with Crippen LogP contribution in [0.25, 0.3) is 0 Å². The summed E-state index contributed by atoms with van der Waals surface area (Å²) in [6.07, 6.45) is 1.88. The summed E-state index contributed by atoms with van der Waals surface area (Å²) in [5, 5.41) is 19.6. The van der Waals surface area contributed by atoms with Crippen molar-refractivity contribution in [3.8, 4) is 0 Å². The molecule has 0 unspecified atom stereocenters. The van der Waals surface area contributed by atoms with Crippen LogP contribution in [0, 0.1) is 30.9 Å². The molecule has 0 N–H and O–H groups in total. The second-order valence-corrected chi connectivity index (χ2v) is 6.77. The third-order valence-electron chi connectivity index (χ3n) is 4.57. The largest absolute Gasteiger partial charge is 0.454 e. The van der Waals surface area contributed by atoms with Gasteiger partial charge in [-0.25, -0.2) is 0 Å². The number of carbonyl (C=O) groups is 1. The van der Waals surface area contributed by atoms with Gasteiger partial charge in [-0.3, -0.25) is 24.3 Å². The molecule has 0 bridgehead atoms. The summed E-state index contributed by atoms with van der Waals surface area (Å²) in [5.41, 5.74) is 2.61. The van der Waals surface area contributed by atoms with E-state index in [9.17, 15) is 14.9 Å². The molecule has 0 fully saturated rings. The van der Waals surface area contributed by atoms with Crippen LogP contribution in [0.5, 0.6) is 0 Å². The minimum absolute atomic E-state index is 0.00516. The van der Waals surface area contributed by atoms with Crippen molar-refractivity contribution < 1.29 is 14.1 Å². The van der Waals surface area contributed by atoms with E-state index in [1.165, 1.54) is 4.68 Å². The van der Waals surface area contributed by atoms with Gasteiger partial charge in [0, 0.05) is 32.4 Å². The van der Waals surface area contributed by atoms with Gasteiger partial charge in [-0.2, -0.15) is 10.2 Å². The highest BCUT2D eigenvalue weighted by Crippen LogP contribution is 2.23. The van der Waals surface area contributed by atoms with Crippen LogP contribution in [0.15, 0.2) is 22.7 Å². The van der Waals surface area contributed by atoms with Crippen LogP contribution in [0.1, 0.15) is 39.0 Å². The molecule has 0 radical (unpaired) electrons. The number of amides is 1. The molecule has 3 rings (SSSR count). The van der Waals surface area contributed by atoms with Crippen molar-refractivity contribution in [2.45, 2.75) is 33.9 Å². The number of rotatable bonds is 6. The maximum absolute atomic E-state index is 12.6. The SMILES string of the molecule is Cc1nn(C)cc1CN(C)C(=O)c1ccc(Cn2nc(C)c([N+](=O)[O-])c2C)o1. The molecule has 0 spiro atoms. The second-order valence-electron chi connectivity index (χ2n) is 6.77. The van der Waals surface area contributed by atoms with Crippen molar-refractivity contribution in [1.29, 1.82) is 0 Å². The lowest BCUT2D eigenvalue weighted by molar-refractivity contribution is -0.386. The highest BCUT2D eigenvalue weighted by Gasteiger charge is 2.23. The first kappa shape index (κ1) is 19.3. The minimum Gasteiger partial charge on any atom is -0.454 e. The van der Waals surface area contributed by atoms with Gasteiger partial charge in [0.1, 0.15) is 17.1 Å². The Balaban J connectivity index is 1.73. The Kier molecular flexibility index (Phi) is 5.04. The Hall–Kier alpha value is -3.43. The maximum atomic E-state index is 12.6. The van der Waals surface area contributed by atoms with Crippen LogP contribution < -0.4 is 0 Å². The standard InChI is InChI=1S/C18H22N6O4/c1-11-14(9-22(5)19-11)8-21(4)18(25)16-7-6-15(28-16)10-23-13(3)17(24(26)27)12(2)20-23/h6-7,9H,8,10H2,1-5H3. The molecule has 28 heavy (non-hydrogen) atoms. The van der Waals surface area contributed by atoms with Crippen molar-refractivity contribution in [3.05, 3.63) is 62.6 Å². The summed E-state index contributed by atoms with van der Waals surface area (Å²) in [6, 6.07) is 3.28. The second kappa shape index (κ2) is 7.29. The average molecular weight is 386 g/mol. The summed E-state index contributed by atoms with van der Waals surface area (Å²) in [4.78, 5) is 24.9. The Morgan fingerprint density at radius 3 is 2.54 bits per heavy atom. The predicted octanol–water partition coefficient (Wildman–Crippen LogP) is 2.36. The van der Waals surface area contributed by atoms with Gasteiger partial charge in [-0.1, -0.05) is 0 Å². The Bertz CT molecular complexity index is 1040. The lowest BCUT2D eigenvalue weighted by Gasteiger charge is -2.15. The van der Waals surface area contributed by atoms with E-state index in [2.05, 4.69) is 10.2 Å². The predicted molar refractivity (Wildman–Crippen MR) is 99.9 cm³/mol. The van der Waals surface area contributed by atoms with Gasteiger partial charge in [0.05, 0.1) is 17.2 Å². The van der Waals surface area contributed by atoms with Crippen molar-refractivity contribution in [3.63, 3.8) is 0 Å². The van der Waals surface area contributed by atoms with E-state index in [1.54, 1.807) is 42.6 Å². The number of aryl methyl sites for hydroxylation is 3. The number of hydrogen-bond donors (Lipinski definition) is 0. The zero-order valence-corrected chi connectivity index (χ0v) is 16.5. The fourth-order valence-corrected chi connectivity index (χ4v) is 3.15. The fraction of sp³-hybridized carbons (Fsp3) is 0.389. The summed E-state index contributed by atoms with van der Waals surface area (Å²) in [7, 11) is 3.53. The molecular weight excluding hydrogens is 364 g/mol. The highest BCUT2D eigenvalue weighted by molar-refractivity contribution is 5.91. The van der Waals surface area contributed by atoms with Crippen LogP contribution >= 0.6 is 0 Å². The molecule has 0 aliphatic carbocycles. The first-order valence-electron chi connectivity index (χ1n) is 8.69. The molecule has 10 nitrogen and oxygen atoms in total. The number of nitro groups is 1. The summed E-state index contributed by atoms with van der Waals surface area (Å²) in [5.74, 6) is 0.443. The number of hydrogen-bond acceptors (Lipinski definition) is 6. The lowest BCUT2D eigenvalue weighted by atomic mass is 10.2. The molecule has 3 aromatic rings. The smallest absolute Gasteiger partial charge is 0.312 e. The molecule has 3 aromatic heterocycles. The van der Waals surface area contributed by atoms with Crippen LogP contribution in [-0.2, 0) is 20.1 Å². The fourth-order valence-electron chi connectivity index (χ4n) is 3.15. The monoisotopic (exact) mass is 386 g/mol. The van der Waals surface area contributed by atoms with Crippen molar-refractivity contribution in [2.24, 2.45) is 7.05 Å². The number of aromatic nitrogens is 4. The zero-order valence-electron chi connectivity index (χ0n) is 16.5. The zero-order chi connectivity index (χ0) is 20.6. The summed E-state index contributed by atoms with van der Waals surface area (Å²) < 4.78 is 8.88. The molecule has 148 valence electrons. The molecule has 0 atom stereocenters. The Morgan fingerprint density at radius 2 is 1.96 bits per heavy atom. The van der Waals surface area contributed by atoms with Crippen LogP contribution in [0.3, 0.4) is 0 Å². The number of carbonyl (C=O) groups excluding carboxylic acids is 1. The third kappa shape index (κ3) is 3.66. The van der Waals surface area contributed by atoms with Gasteiger partial charge in [-0.15, -0.1) is 0 Å². The Morgan fingerprint density at radius 1 is 1.25 bits per heavy atom. The van der Waals surface area contributed by atoms with Gasteiger partial charge in [0.2, 0.25) is 0 Å². The van der Waals surface area contributed by atoms with Gasteiger partial charge in [0.25, 0.3) is 5.91 Å². The molecule has 0 saturated carbocycles. The Labute approximate surface area is 161 Å². The maximum Gasteiger partial charge on any atom is 0.312 e. The molecule has 0 aliphatic heterocycles. The van der Waals surface area contributed by atoms with Gasteiger partial charge in [0.15, 0.2) is 5.76 Å². The van der Waals surface area contributed by atoms with Gasteiger partial charge in [-0.05, 0) is 32.9 Å². The first-order valence-corrected chi connectivity index (χ1v) is 8.69. The van der Waals surface area contributed by atoms with E-state index >= 15 is 0 Å². The topological polar surface area (TPSA) is 112 Å². The molecule has 0 aromatic carbocycles. The lowest BCUT2D eigenvalue weighted by Crippen LogP contribution is -2.26. The van der Waals surface area contributed by atoms with E-state index in [4.69, 9.17) is 4.42 Å². The van der Waals surface area contributed by atoms with Crippen molar-refractivity contribution in [2.75, 3.05) is 7.05 Å². The van der Waals surface area contributed by atoms with Crippen LogP contribution in [0.2, 0.25) is 0 Å². The molecule has 0 aliphatic rings. The number of nitrogens with zero attached hydrogens (tertiary/aromatic N) is 6. The molecule has 1 amide bonds. The van der Waals surface area contributed by atoms with E-state index in [-0.39, 0.29) is 23.9 Å². The van der Waals surface area contributed by atoms with Gasteiger partial charge >= 0.3 is 5.69 Å². The van der Waals surface area contributed by atoms with E-state index in [0.717, 1.165) is 11.3 Å². The quantitative estimate of drug-likeness (QED) is 0.475. The third-order valence-corrected chi connectivity index (χ3v) is 4.57. The van der Waals surface area contributed by atoms with Crippen molar-refractivity contribution in [1.82, 2.24) is 24.5 Å². The molecule has 10 heteroatoms. The number of furan rings is 1. The van der Waals surface area contributed by atoms with Gasteiger partial charge < -0.3 is 9.32 Å². The van der Waals surface area contributed by atoms with Crippen LogP contribution in [-0.4, -0.2) is 42.3 Å². The summed E-state index contributed by atoms with van der Waals surface area (Å²) in [6.45, 7) is 5.74. The van der Waals surface area contributed by atoms with E-state index in [1.807, 2.05) is 20.2 Å². The normalized spacial score (nSPS) is 11.0.